The molecule has 0 aliphatic carbocycles. The molecule has 78 valence electrons. The van der Waals surface area contributed by atoms with Crippen LogP contribution in [-0.2, 0) is 6.42 Å². The van der Waals surface area contributed by atoms with Gasteiger partial charge in [-0.1, -0.05) is 5.16 Å². The number of nitrogens with zero attached hydrogens (tertiary/aromatic N) is 4. The summed E-state index contributed by atoms with van der Waals surface area (Å²) in [5, 5.41) is 6.55. The van der Waals surface area contributed by atoms with Gasteiger partial charge in [-0.05, 0) is 15.9 Å². The Morgan fingerprint density at radius 1 is 1.27 bits per heavy atom. The molecule has 0 bridgehead atoms. The summed E-state index contributed by atoms with van der Waals surface area (Å²) in [7, 11) is 0. The molecule has 0 aliphatic rings. The number of nitrogens with one attached hydrogen (secondary N) is 1. The average molecular weight is 270 g/mol. The summed E-state index contributed by atoms with van der Waals surface area (Å²) in [6, 6.07) is 0. The van der Waals surface area contributed by atoms with E-state index < -0.39 is 0 Å². The summed E-state index contributed by atoms with van der Waals surface area (Å²) >= 11 is 3.26. The molecule has 0 saturated carbocycles. The quantitative estimate of drug-likeness (QED) is 0.901. The molecule has 2 aromatic rings. The summed E-state index contributed by atoms with van der Waals surface area (Å²) in [5.41, 5.74) is 0. The molecular formula is C8H8BrN5O. The normalized spacial score (nSPS) is 10.2. The monoisotopic (exact) mass is 269 g/mol. The number of rotatable bonds is 4. The minimum Gasteiger partial charge on any atom is -0.354 e. The molecule has 0 aliphatic heterocycles. The van der Waals surface area contributed by atoms with Gasteiger partial charge in [-0.25, -0.2) is 9.97 Å². The molecule has 0 saturated heterocycles. The smallest absolute Gasteiger partial charge is 0.228 e. The van der Waals surface area contributed by atoms with Crippen molar-refractivity contribution < 1.29 is 4.52 Å². The summed E-state index contributed by atoms with van der Waals surface area (Å²) in [6.07, 6.45) is 5.40. The number of anilines is 1. The Morgan fingerprint density at radius 2 is 2.07 bits per heavy atom. The van der Waals surface area contributed by atoms with E-state index in [0.29, 0.717) is 24.8 Å². The first kappa shape index (κ1) is 10.0. The largest absolute Gasteiger partial charge is 0.354 e. The zero-order valence-electron chi connectivity index (χ0n) is 7.72. The fourth-order valence-electron chi connectivity index (χ4n) is 0.991. The van der Waals surface area contributed by atoms with Crippen LogP contribution in [-0.4, -0.2) is 26.7 Å². The van der Waals surface area contributed by atoms with Gasteiger partial charge in [0.1, 0.15) is 0 Å². The molecule has 0 amide bonds. The second-order valence-electron chi connectivity index (χ2n) is 2.74. The molecule has 7 heteroatoms. The van der Waals surface area contributed by atoms with Crippen molar-refractivity contribution in [3.8, 4) is 0 Å². The maximum atomic E-state index is 4.84. The molecule has 2 rings (SSSR count). The molecule has 0 atom stereocenters. The molecule has 0 aromatic carbocycles. The highest BCUT2D eigenvalue weighted by Gasteiger charge is 1.99. The van der Waals surface area contributed by atoms with Crippen molar-refractivity contribution >= 4 is 21.9 Å². The Kier molecular flexibility index (Phi) is 3.23. The molecule has 0 radical (unpaired) electrons. The molecule has 0 unspecified atom stereocenters. The van der Waals surface area contributed by atoms with E-state index in [2.05, 4.69) is 41.4 Å². The number of hydrogen-bond donors (Lipinski definition) is 1. The molecule has 2 heterocycles. The summed E-state index contributed by atoms with van der Waals surface area (Å²) in [4.78, 5) is 12.0. The van der Waals surface area contributed by atoms with Crippen molar-refractivity contribution in [3.05, 3.63) is 29.1 Å². The summed E-state index contributed by atoms with van der Waals surface area (Å²) < 4.78 is 5.69. The molecule has 0 spiro atoms. The van der Waals surface area contributed by atoms with Gasteiger partial charge in [0, 0.05) is 25.4 Å². The van der Waals surface area contributed by atoms with E-state index in [-0.39, 0.29) is 0 Å². The Balaban J connectivity index is 1.81. The third kappa shape index (κ3) is 2.98. The van der Waals surface area contributed by atoms with E-state index in [1.807, 2.05) is 0 Å². The van der Waals surface area contributed by atoms with Crippen LogP contribution in [0.2, 0.25) is 0 Å². The maximum absolute atomic E-state index is 4.84. The van der Waals surface area contributed by atoms with Crippen LogP contribution in [0.15, 0.2) is 27.7 Å². The van der Waals surface area contributed by atoms with Crippen molar-refractivity contribution in [1.82, 2.24) is 20.1 Å². The van der Waals surface area contributed by atoms with Crippen LogP contribution in [0.25, 0.3) is 0 Å². The minimum atomic E-state index is 0.581. The lowest BCUT2D eigenvalue weighted by Gasteiger charge is -2.01. The fraction of sp³-hybridized carbons (Fsp3) is 0.250. The van der Waals surface area contributed by atoms with Crippen LogP contribution in [0, 0.1) is 0 Å². The first-order valence-corrected chi connectivity index (χ1v) is 5.11. The lowest BCUT2D eigenvalue weighted by Crippen LogP contribution is -2.07. The third-order valence-corrected chi connectivity index (χ3v) is 2.06. The van der Waals surface area contributed by atoms with E-state index in [0.717, 1.165) is 4.47 Å². The van der Waals surface area contributed by atoms with Crippen molar-refractivity contribution in [2.24, 2.45) is 0 Å². The van der Waals surface area contributed by atoms with E-state index in [1.54, 1.807) is 12.4 Å². The van der Waals surface area contributed by atoms with E-state index in [9.17, 15) is 0 Å². The minimum absolute atomic E-state index is 0.581. The second-order valence-corrected chi connectivity index (χ2v) is 3.65. The van der Waals surface area contributed by atoms with Crippen molar-refractivity contribution in [3.63, 3.8) is 0 Å². The lowest BCUT2D eigenvalue weighted by atomic mass is 10.4. The van der Waals surface area contributed by atoms with Gasteiger partial charge in [-0.15, -0.1) is 0 Å². The standard InChI is InChI=1S/C8H8BrN5O/c9-6-3-11-8(12-4-6)10-2-1-7-13-5-14-15-7/h3-5H,1-2H2,(H,10,11,12). The highest BCUT2D eigenvalue weighted by Crippen LogP contribution is 2.06. The van der Waals surface area contributed by atoms with Crippen LogP contribution in [0.5, 0.6) is 0 Å². The highest BCUT2D eigenvalue weighted by atomic mass is 79.9. The third-order valence-electron chi connectivity index (χ3n) is 1.65. The lowest BCUT2D eigenvalue weighted by molar-refractivity contribution is 0.379. The van der Waals surface area contributed by atoms with Crippen molar-refractivity contribution in [1.29, 1.82) is 0 Å². The van der Waals surface area contributed by atoms with Gasteiger partial charge in [0.25, 0.3) is 0 Å². The zero-order chi connectivity index (χ0) is 10.5. The van der Waals surface area contributed by atoms with Crippen molar-refractivity contribution in [2.45, 2.75) is 6.42 Å². The predicted molar refractivity (Wildman–Crippen MR) is 56.2 cm³/mol. The Hall–Kier alpha value is -1.50. The van der Waals surface area contributed by atoms with Crippen LogP contribution in [0.4, 0.5) is 5.95 Å². The highest BCUT2D eigenvalue weighted by molar-refractivity contribution is 9.10. The van der Waals surface area contributed by atoms with E-state index in [4.69, 9.17) is 4.52 Å². The molecular weight excluding hydrogens is 262 g/mol. The van der Waals surface area contributed by atoms with Gasteiger partial charge in [0.2, 0.25) is 11.8 Å². The van der Waals surface area contributed by atoms with E-state index >= 15 is 0 Å². The number of aromatic nitrogens is 4. The van der Waals surface area contributed by atoms with Gasteiger partial charge >= 0.3 is 0 Å². The van der Waals surface area contributed by atoms with Crippen LogP contribution in [0.3, 0.4) is 0 Å². The molecule has 2 aromatic heterocycles. The number of hydrogen-bond acceptors (Lipinski definition) is 6. The SMILES string of the molecule is Brc1cnc(NCCc2ncno2)nc1. The Bertz CT molecular complexity index is 401. The first-order valence-electron chi connectivity index (χ1n) is 4.31. The molecule has 15 heavy (non-hydrogen) atoms. The Morgan fingerprint density at radius 3 is 2.73 bits per heavy atom. The Labute approximate surface area is 94.3 Å². The van der Waals surface area contributed by atoms with Gasteiger partial charge in [0.15, 0.2) is 6.33 Å². The average Bonchev–Trinajstić information content (AvgIpc) is 2.74. The van der Waals surface area contributed by atoms with Gasteiger partial charge in [-0.2, -0.15) is 4.98 Å². The van der Waals surface area contributed by atoms with Gasteiger partial charge < -0.3 is 9.84 Å². The summed E-state index contributed by atoms with van der Waals surface area (Å²) in [6.45, 7) is 0.657. The second kappa shape index (κ2) is 4.83. The number of halogens is 1. The fourth-order valence-corrected chi connectivity index (χ4v) is 1.20. The molecule has 0 fully saturated rings. The molecule has 6 nitrogen and oxygen atoms in total. The van der Waals surface area contributed by atoms with Crippen LogP contribution in [0.1, 0.15) is 5.89 Å². The first-order chi connectivity index (χ1) is 7.34. The van der Waals surface area contributed by atoms with Gasteiger partial charge in [0.05, 0.1) is 4.47 Å². The predicted octanol–water partition coefficient (Wildman–Crippen LogP) is 1.28. The van der Waals surface area contributed by atoms with Crippen molar-refractivity contribution in [2.75, 3.05) is 11.9 Å². The zero-order valence-corrected chi connectivity index (χ0v) is 9.31. The topological polar surface area (TPSA) is 76.7 Å². The van der Waals surface area contributed by atoms with Crippen LogP contribution < -0.4 is 5.32 Å². The summed E-state index contributed by atoms with van der Waals surface area (Å²) in [5.74, 6) is 1.18. The van der Waals surface area contributed by atoms with E-state index in [1.165, 1.54) is 6.33 Å². The maximum Gasteiger partial charge on any atom is 0.228 e. The van der Waals surface area contributed by atoms with Crippen LogP contribution >= 0.6 is 15.9 Å². The molecule has 1 N–H and O–H groups in total. The van der Waals surface area contributed by atoms with Gasteiger partial charge in [-0.3, -0.25) is 0 Å².